The van der Waals surface area contributed by atoms with E-state index in [9.17, 15) is 43.2 Å². The summed E-state index contributed by atoms with van der Waals surface area (Å²) in [5.74, 6) is 0. The van der Waals surface area contributed by atoms with E-state index in [1.165, 1.54) is 4.13 Å². The van der Waals surface area contributed by atoms with Crippen molar-refractivity contribution in [2.45, 2.75) is 12.7 Å². The number of hydrogen-bond acceptors (Lipinski definition) is 6. The first-order chi connectivity index (χ1) is 10.0. The Hall–Kier alpha value is -1.43. The molecule has 1 heterocycles. The number of H-pyrrole nitrogens is 1. The molecule has 1 aromatic rings. The molecule has 1 N–H and O–H groups in total. The summed E-state index contributed by atoms with van der Waals surface area (Å²) in [6.07, 6.45) is -6.01. The first-order valence-corrected chi connectivity index (χ1v) is 7.51. The summed E-state index contributed by atoms with van der Waals surface area (Å²) in [6, 6.07) is 0. The molecule has 0 aliphatic rings. The number of aryl methyl sites for hydroxylation is 1. The van der Waals surface area contributed by atoms with Crippen LogP contribution in [-0.4, -0.2) is 34.5 Å². The Kier molecular flexibility index (Phi) is 6.96. The summed E-state index contributed by atoms with van der Waals surface area (Å²) in [5, 5.41) is 0. The van der Waals surface area contributed by atoms with Crippen LogP contribution in [-0.2, 0) is 36.0 Å². The van der Waals surface area contributed by atoms with Gasteiger partial charge in [-0.2, -0.15) is 8.37 Å². The normalized spacial score (nSPS) is 13.3. The third kappa shape index (κ3) is 12.8. The molecule has 0 fully saturated rings. The van der Waals surface area contributed by atoms with Gasteiger partial charge in [-0.05, 0) is 0 Å². The summed E-state index contributed by atoms with van der Waals surface area (Å²) in [7, 11) is -10.4. The van der Waals surface area contributed by atoms with Crippen molar-refractivity contribution >= 4 is 20.6 Å². The SMILES string of the molecule is C[n+]1cc[nH]c1.O=S(=O)([N-]S(=O)(=O)OC(F)(F)F)OC(F)(F)F. The molecule has 1 rings (SSSR count). The minimum absolute atomic E-state index is 1.17. The lowest BCUT2D eigenvalue weighted by Crippen LogP contribution is -2.24. The molecule has 0 spiro atoms. The van der Waals surface area contributed by atoms with E-state index in [0.717, 1.165) is 0 Å². The second-order valence-electron chi connectivity index (χ2n) is 3.27. The summed E-state index contributed by atoms with van der Waals surface area (Å²) in [5.41, 5.74) is 0. The summed E-state index contributed by atoms with van der Waals surface area (Å²) < 4.78 is 116. The number of rotatable bonds is 4. The maximum Gasteiger partial charge on any atom is 0.536 e. The van der Waals surface area contributed by atoms with Crippen LogP contribution in [0.3, 0.4) is 0 Å². The van der Waals surface area contributed by atoms with Crippen molar-refractivity contribution in [1.82, 2.24) is 4.98 Å². The molecule has 23 heavy (non-hydrogen) atoms. The number of alkyl halides is 6. The molecule has 0 atom stereocenters. The van der Waals surface area contributed by atoms with E-state index in [2.05, 4.69) is 13.4 Å². The summed E-state index contributed by atoms with van der Waals surface area (Å²) in [6.45, 7) is 0. The Morgan fingerprint density at radius 3 is 1.52 bits per heavy atom. The standard InChI is InChI=1S/C4H6N2.C2F6NO6S2/c1-6-3-2-5-4-6;3-1(4,5)14-16(10,11)9-17(12,13)15-2(6,7)8/h2-4H,1H3;/q;-1/p+1. The zero-order chi connectivity index (χ0) is 18.5. The van der Waals surface area contributed by atoms with Gasteiger partial charge in [0.05, 0.1) is 7.05 Å². The Morgan fingerprint density at radius 1 is 0.957 bits per heavy atom. The molecule has 1 aromatic heterocycles. The summed E-state index contributed by atoms with van der Waals surface area (Å²) >= 11 is 0. The largest absolute Gasteiger partial charge is 0.536 e. The van der Waals surface area contributed by atoms with Crippen LogP contribution in [0.5, 0.6) is 0 Å². The molecule has 0 amide bonds. The van der Waals surface area contributed by atoms with Crippen molar-refractivity contribution in [2.75, 3.05) is 0 Å². The third-order valence-corrected chi connectivity index (χ3v) is 3.53. The molecule has 136 valence electrons. The number of nitrogens with zero attached hydrogens (tertiary/aromatic N) is 2. The topological polar surface area (TPSA) is 121 Å². The Labute approximate surface area is 125 Å². The minimum Gasteiger partial charge on any atom is -0.387 e. The van der Waals surface area contributed by atoms with Gasteiger partial charge in [-0.25, -0.2) is 21.4 Å². The molecular formula is C6H7F6N3O6S2. The molecule has 0 saturated carbocycles. The highest BCUT2D eigenvalue weighted by Crippen LogP contribution is 2.28. The fourth-order valence-electron chi connectivity index (χ4n) is 0.745. The van der Waals surface area contributed by atoms with Crippen molar-refractivity contribution in [3.63, 3.8) is 0 Å². The van der Waals surface area contributed by atoms with Gasteiger partial charge in [0.25, 0.3) is 0 Å². The van der Waals surface area contributed by atoms with Gasteiger partial charge in [-0.15, -0.1) is 26.3 Å². The van der Waals surface area contributed by atoms with Gasteiger partial charge in [0.15, 0.2) is 0 Å². The number of aromatic nitrogens is 2. The molecule has 17 heteroatoms. The predicted molar refractivity (Wildman–Crippen MR) is 57.4 cm³/mol. The molecule has 0 aliphatic heterocycles. The van der Waals surface area contributed by atoms with Gasteiger partial charge in [0.1, 0.15) is 12.4 Å². The van der Waals surface area contributed by atoms with E-state index in [1.54, 1.807) is 0 Å². The smallest absolute Gasteiger partial charge is 0.387 e. The molecule has 9 nitrogen and oxygen atoms in total. The van der Waals surface area contributed by atoms with Crippen LogP contribution in [0.1, 0.15) is 0 Å². The number of aromatic amines is 1. The second kappa shape index (κ2) is 7.43. The van der Waals surface area contributed by atoms with E-state index in [-0.39, 0.29) is 0 Å². The molecule has 0 unspecified atom stereocenters. The third-order valence-electron chi connectivity index (χ3n) is 1.27. The Morgan fingerprint density at radius 2 is 1.35 bits per heavy atom. The highest BCUT2D eigenvalue weighted by atomic mass is 32.3. The maximum absolute atomic E-state index is 11.3. The van der Waals surface area contributed by atoms with Crippen molar-refractivity contribution in [2.24, 2.45) is 7.05 Å². The molecule has 0 radical (unpaired) electrons. The van der Waals surface area contributed by atoms with E-state index in [1.807, 2.05) is 30.3 Å². The van der Waals surface area contributed by atoms with E-state index >= 15 is 0 Å². The van der Waals surface area contributed by atoms with Crippen molar-refractivity contribution in [1.29, 1.82) is 0 Å². The quantitative estimate of drug-likeness (QED) is 0.594. The highest BCUT2D eigenvalue weighted by molar-refractivity contribution is 8.08. The lowest BCUT2D eigenvalue weighted by atomic mass is 10.9. The van der Waals surface area contributed by atoms with Crippen LogP contribution in [0.25, 0.3) is 4.13 Å². The first kappa shape index (κ1) is 21.6. The van der Waals surface area contributed by atoms with E-state index < -0.39 is 33.3 Å². The molecule has 0 saturated heterocycles. The lowest BCUT2D eigenvalue weighted by molar-refractivity contribution is -0.670. The molecule has 0 aromatic carbocycles. The monoisotopic (exact) mass is 395 g/mol. The average Bonchev–Trinajstić information content (AvgIpc) is 2.58. The first-order valence-electron chi connectivity index (χ1n) is 4.78. The van der Waals surface area contributed by atoms with E-state index in [0.29, 0.717) is 0 Å². The molecule has 0 aliphatic carbocycles. The van der Waals surface area contributed by atoms with Crippen molar-refractivity contribution in [3.05, 3.63) is 22.8 Å². The zero-order valence-corrected chi connectivity index (χ0v) is 12.3. The zero-order valence-electron chi connectivity index (χ0n) is 10.7. The van der Waals surface area contributed by atoms with Crippen molar-refractivity contribution < 1.29 is 56.1 Å². The van der Waals surface area contributed by atoms with Crippen LogP contribution < -0.4 is 4.57 Å². The maximum atomic E-state index is 11.3. The number of imidazole rings is 1. The van der Waals surface area contributed by atoms with Gasteiger partial charge < -0.3 is 4.13 Å². The fourth-order valence-corrected chi connectivity index (χ4v) is 2.36. The van der Waals surface area contributed by atoms with Crippen LogP contribution in [0.4, 0.5) is 26.3 Å². The Bertz CT molecular complexity index is 635. The minimum atomic E-state index is -6.18. The summed E-state index contributed by atoms with van der Waals surface area (Å²) in [4.78, 5) is 2.89. The van der Waals surface area contributed by atoms with Gasteiger partial charge in [0, 0.05) is 0 Å². The molecular weight excluding hydrogens is 388 g/mol. The van der Waals surface area contributed by atoms with Crippen LogP contribution in [0.2, 0.25) is 0 Å². The van der Waals surface area contributed by atoms with Crippen molar-refractivity contribution in [3.8, 4) is 0 Å². The number of nitrogens with one attached hydrogen (secondary N) is 1. The second-order valence-corrected chi connectivity index (χ2v) is 5.91. The Balaban J connectivity index is 0.000000664. The van der Waals surface area contributed by atoms with Crippen LogP contribution in [0.15, 0.2) is 18.7 Å². The highest BCUT2D eigenvalue weighted by Gasteiger charge is 2.37. The average molecular weight is 395 g/mol. The fraction of sp³-hybridized carbons (Fsp3) is 0.500. The van der Waals surface area contributed by atoms with E-state index in [4.69, 9.17) is 0 Å². The van der Waals surface area contributed by atoms with Gasteiger partial charge in [-0.3, -0.25) is 4.98 Å². The lowest BCUT2D eigenvalue weighted by Gasteiger charge is -2.20. The number of hydrogen-bond donors (Lipinski definition) is 1. The molecule has 0 bridgehead atoms. The predicted octanol–water partition coefficient (Wildman–Crippen LogP) is 0.762. The van der Waals surface area contributed by atoms with Gasteiger partial charge >= 0.3 is 12.7 Å². The van der Waals surface area contributed by atoms with Gasteiger partial charge in [0.2, 0.25) is 26.9 Å². The van der Waals surface area contributed by atoms with Crippen LogP contribution >= 0.6 is 0 Å². The van der Waals surface area contributed by atoms with Gasteiger partial charge in [-0.1, -0.05) is 0 Å². The van der Waals surface area contributed by atoms with Crippen LogP contribution in [0, 0.1) is 0 Å². The number of halogens is 6.